The lowest BCUT2D eigenvalue weighted by molar-refractivity contribution is -0.149. The Labute approximate surface area is 117 Å². The number of pyridine rings is 1. The highest BCUT2D eigenvalue weighted by atomic mass is 16.5. The first-order valence-electron chi connectivity index (χ1n) is 6.73. The summed E-state index contributed by atoms with van der Waals surface area (Å²) in [5.74, 6) is -1.05. The van der Waals surface area contributed by atoms with Gasteiger partial charge in [-0.2, -0.15) is 0 Å². The molecule has 0 bridgehead atoms. The average Bonchev–Trinajstić information content (AvgIpc) is 2.47. The molecule has 2 rings (SSSR count). The highest BCUT2D eigenvalue weighted by molar-refractivity contribution is 5.95. The Bertz CT molecular complexity index is 504. The number of amides is 1. The van der Waals surface area contributed by atoms with Gasteiger partial charge in [0.05, 0.1) is 12.5 Å². The van der Waals surface area contributed by atoms with Crippen LogP contribution in [0.15, 0.2) is 18.3 Å². The predicted molar refractivity (Wildman–Crippen MR) is 71.2 cm³/mol. The molecular formula is C14H18N2O4. The molecule has 1 amide bonds. The van der Waals surface area contributed by atoms with Crippen molar-refractivity contribution in [2.45, 2.75) is 19.8 Å². The number of aromatic nitrogens is 1. The number of carbonyl (C=O) groups excluding carboxylic acids is 2. The van der Waals surface area contributed by atoms with Crippen LogP contribution in [0, 0.1) is 5.92 Å². The average molecular weight is 278 g/mol. The second kappa shape index (κ2) is 6.36. The maximum atomic E-state index is 12.3. The van der Waals surface area contributed by atoms with Crippen molar-refractivity contribution in [1.82, 2.24) is 9.88 Å². The van der Waals surface area contributed by atoms with Crippen LogP contribution in [0.3, 0.4) is 0 Å². The molecule has 6 nitrogen and oxygen atoms in total. The summed E-state index contributed by atoms with van der Waals surface area (Å²) >= 11 is 0. The Kier molecular flexibility index (Phi) is 4.55. The molecule has 0 aromatic carbocycles. The number of carbonyl (C=O) groups is 2. The van der Waals surface area contributed by atoms with Gasteiger partial charge in [0.1, 0.15) is 5.75 Å². The van der Waals surface area contributed by atoms with Crippen LogP contribution >= 0.6 is 0 Å². The summed E-state index contributed by atoms with van der Waals surface area (Å²) in [6.07, 6.45) is 2.92. The van der Waals surface area contributed by atoms with Crippen LogP contribution in [-0.4, -0.2) is 46.6 Å². The van der Waals surface area contributed by atoms with Gasteiger partial charge in [-0.1, -0.05) is 0 Å². The molecule has 1 fully saturated rings. The third-order valence-corrected chi connectivity index (χ3v) is 3.32. The number of likely N-dealkylation sites (tertiary alicyclic amines) is 1. The Morgan fingerprint density at radius 1 is 1.55 bits per heavy atom. The topological polar surface area (TPSA) is 79.7 Å². The van der Waals surface area contributed by atoms with Crippen molar-refractivity contribution in [3.05, 3.63) is 24.0 Å². The highest BCUT2D eigenvalue weighted by Crippen LogP contribution is 2.22. The molecule has 1 saturated heterocycles. The van der Waals surface area contributed by atoms with Gasteiger partial charge in [0.2, 0.25) is 0 Å². The second-order valence-electron chi connectivity index (χ2n) is 4.71. The number of piperidine rings is 1. The maximum Gasteiger partial charge on any atom is 0.310 e. The van der Waals surface area contributed by atoms with Crippen LogP contribution in [0.5, 0.6) is 5.75 Å². The van der Waals surface area contributed by atoms with Crippen molar-refractivity contribution in [3.63, 3.8) is 0 Å². The summed E-state index contributed by atoms with van der Waals surface area (Å²) < 4.78 is 5.00. The second-order valence-corrected chi connectivity index (χ2v) is 4.71. The van der Waals surface area contributed by atoms with Crippen molar-refractivity contribution in [3.8, 4) is 5.75 Å². The number of hydrogen-bond donors (Lipinski definition) is 1. The molecule has 1 aromatic heterocycles. The van der Waals surface area contributed by atoms with Crippen molar-refractivity contribution in [1.29, 1.82) is 0 Å². The molecule has 1 unspecified atom stereocenters. The molecule has 0 radical (unpaired) electrons. The largest absolute Gasteiger partial charge is 0.505 e. The zero-order valence-electron chi connectivity index (χ0n) is 11.4. The molecule has 6 heteroatoms. The van der Waals surface area contributed by atoms with Crippen LogP contribution in [-0.2, 0) is 9.53 Å². The van der Waals surface area contributed by atoms with Crippen molar-refractivity contribution < 1.29 is 19.4 Å². The van der Waals surface area contributed by atoms with Crippen LogP contribution in [0.1, 0.15) is 30.3 Å². The van der Waals surface area contributed by atoms with E-state index in [9.17, 15) is 14.7 Å². The normalized spacial score (nSPS) is 18.6. The molecule has 1 aromatic rings. The molecule has 0 saturated carbocycles. The van der Waals surface area contributed by atoms with Gasteiger partial charge in [-0.15, -0.1) is 0 Å². The summed E-state index contributed by atoms with van der Waals surface area (Å²) in [5, 5.41) is 9.67. The number of aromatic hydroxyl groups is 1. The number of ether oxygens (including phenoxy) is 1. The first kappa shape index (κ1) is 14.3. The Hall–Kier alpha value is -2.11. The molecule has 0 spiro atoms. The van der Waals surface area contributed by atoms with E-state index in [0.29, 0.717) is 19.7 Å². The van der Waals surface area contributed by atoms with Crippen molar-refractivity contribution in [2.75, 3.05) is 19.7 Å². The van der Waals surface area contributed by atoms with Crippen LogP contribution in [0.4, 0.5) is 0 Å². The summed E-state index contributed by atoms with van der Waals surface area (Å²) in [6.45, 7) is 2.97. The Morgan fingerprint density at radius 3 is 3.05 bits per heavy atom. The third kappa shape index (κ3) is 3.07. The van der Waals surface area contributed by atoms with E-state index in [2.05, 4.69) is 4.98 Å². The van der Waals surface area contributed by atoms with Gasteiger partial charge in [-0.25, -0.2) is 4.98 Å². The Morgan fingerprint density at radius 2 is 2.35 bits per heavy atom. The monoisotopic (exact) mass is 278 g/mol. The first-order valence-corrected chi connectivity index (χ1v) is 6.73. The standard InChI is InChI=1S/C14H18N2O4/c1-2-20-14(19)10-5-4-8-16(9-10)13(18)12-11(17)6-3-7-15-12/h3,6-7,10,17H,2,4-5,8-9H2,1H3. The summed E-state index contributed by atoms with van der Waals surface area (Å²) in [7, 11) is 0. The van der Waals surface area contributed by atoms with E-state index in [0.717, 1.165) is 12.8 Å². The van der Waals surface area contributed by atoms with E-state index in [1.165, 1.54) is 12.3 Å². The lowest BCUT2D eigenvalue weighted by Crippen LogP contribution is -2.43. The Balaban J connectivity index is 2.07. The van der Waals surface area contributed by atoms with E-state index >= 15 is 0 Å². The van der Waals surface area contributed by atoms with Crippen molar-refractivity contribution in [2.24, 2.45) is 5.92 Å². The first-order chi connectivity index (χ1) is 9.63. The van der Waals surface area contributed by atoms with E-state index < -0.39 is 0 Å². The van der Waals surface area contributed by atoms with Gasteiger partial charge >= 0.3 is 5.97 Å². The smallest absolute Gasteiger partial charge is 0.310 e. The quantitative estimate of drug-likeness (QED) is 0.840. The minimum atomic E-state index is -0.350. The summed E-state index contributed by atoms with van der Waals surface area (Å²) in [6, 6.07) is 2.98. The summed E-state index contributed by atoms with van der Waals surface area (Å²) in [4.78, 5) is 29.5. The van der Waals surface area contributed by atoms with E-state index in [-0.39, 0.29) is 29.2 Å². The van der Waals surface area contributed by atoms with Crippen LogP contribution in [0.2, 0.25) is 0 Å². The minimum Gasteiger partial charge on any atom is -0.505 e. The fourth-order valence-electron chi connectivity index (χ4n) is 2.33. The summed E-state index contributed by atoms with van der Waals surface area (Å²) in [5.41, 5.74) is 0.0250. The number of esters is 1. The minimum absolute atomic E-state index is 0.0250. The third-order valence-electron chi connectivity index (χ3n) is 3.32. The van der Waals surface area contributed by atoms with Crippen LogP contribution in [0.25, 0.3) is 0 Å². The fraction of sp³-hybridized carbons (Fsp3) is 0.500. The van der Waals surface area contributed by atoms with Gasteiger partial charge in [0.25, 0.3) is 5.91 Å². The van der Waals surface area contributed by atoms with Gasteiger partial charge in [0.15, 0.2) is 5.69 Å². The number of rotatable bonds is 3. The molecule has 2 heterocycles. The molecule has 108 valence electrons. The van der Waals surface area contributed by atoms with E-state index in [1.54, 1.807) is 17.9 Å². The molecular weight excluding hydrogens is 260 g/mol. The molecule has 1 N–H and O–H groups in total. The maximum absolute atomic E-state index is 12.3. The molecule has 0 aliphatic carbocycles. The SMILES string of the molecule is CCOC(=O)C1CCCN(C(=O)c2ncccc2O)C1. The molecule has 20 heavy (non-hydrogen) atoms. The van der Waals surface area contributed by atoms with Crippen LogP contribution < -0.4 is 0 Å². The van der Waals surface area contributed by atoms with E-state index in [4.69, 9.17) is 4.74 Å². The lowest BCUT2D eigenvalue weighted by Gasteiger charge is -2.31. The van der Waals surface area contributed by atoms with Gasteiger partial charge < -0.3 is 14.7 Å². The van der Waals surface area contributed by atoms with Gasteiger partial charge in [-0.3, -0.25) is 9.59 Å². The predicted octanol–water partition coefficient (Wildman–Crippen LogP) is 1.20. The van der Waals surface area contributed by atoms with Gasteiger partial charge in [0, 0.05) is 19.3 Å². The molecule has 1 atom stereocenters. The lowest BCUT2D eigenvalue weighted by atomic mass is 9.98. The molecule has 1 aliphatic rings. The fourth-order valence-corrected chi connectivity index (χ4v) is 2.33. The zero-order valence-corrected chi connectivity index (χ0v) is 11.4. The number of hydrogen-bond acceptors (Lipinski definition) is 5. The van der Waals surface area contributed by atoms with Crippen molar-refractivity contribution >= 4 is 11.9 Å². The number of nitrogens with zero attached hydrogens (tertiary/aromatic N) is 2. The zero-order chi connectivity index (χ0) is 14.5. The van der Waals surface area contributed by atoms with Gasteiger partial charge in [-0.05, 0) is 31.9 Å². The van der Waals surface area contributed by atoms with E-state index in [1.807, 2.05) is 0 Å². The highest BCUT2D eigenvalue weighted by Gasteiger charge is 2.31. The molecule has 1 aliphatic heterocycles.